The fourth-order valence-electron chi connectivity index (χ4n) is 2.41. The number of rotatable bonds is 3. The predicted molar refractivity (Wildman–Crippen MR) is 70.9 cm³/mol. The summed E-state index contributed by atoms with van der Waals surface area (Å²) in [5.74, 6) is 2.68. The molecule has 0 saturated heterocycles. The van der Waals surface area contributed by atoms with Crippen LogP contribution in [0.25, 0.3) is 0 Å². The van der Waals surface area contributed by atoms with Crippen LogP contribution < -0.4 is 4.90 Å². The van der Waals surface area contributed by atoms with Crippen molar-refractivity contribution >= 4 is 5.69 Å². The zero-order valence-corrected chi connectivity index (χ0v) is 10.1. The van der Waals surface area contributed by atoms with Gasteiger partial charge in [-0.05, 0) is 25.3 Å². The summed E-state index contributed by atoms with van der Waals surface area (Å²) >= 11 is 0. The molecular weight excluding hydrogens is 210 g/mol. The van der Waals surface area contributed by atoms with Gasteiger partial charge in [-0.1, -0.05) is 18.2 Å². The molecule has 2 nitrogen and oxygen atoms in total. The monoisotopic (exact) mass is 229 g/mol. The van der Waals surface area contributed by atoms with Crippen LogP contribution in [-0.2, 0) is 0 Å². The van der Waals surface area contributed by atoms with E-state index in [0.717, 1.165) is 44.3 Å². The van der Waals surface area contributed by atoms with E-state index in [0.29, 0.717) is 0 Å². The van der Waals surface area contributed by atoms with E-state index < -0.39 is 0 Å². The predicted octanol–water partition coefficient (Wildman–Crippen LogP) is 2.73. The molecule has 0 fully saturated rings. The third kappa shape index (κ3) is 2.81. The van der Waals surface area contributed by atoms with Crippen LogP contribution >= 0.6 is 0 Å². The molecule has 0 spiro atoms. The Morgan fingerprint density at radius 2 is 2.24 bits per heavy atom. The van der Waals surface area contributed by atoms with Gasteiger partial charge >= 0.3 is 0 Å². The van der Waals surface area contributed by atoms with Gasteiger partial charge in [-0.2, -0.15) is 0 Å². The third-order valence-corrected chi connectivity index (χ3v) is 3.29. The second kappa shape index (κ2) is 5.75. The molecule has 0 aliphatic carbocycles. The first-order valence-corrected chi connectivity index (χ1v) is 6.28. The SMILES string of the molecule is C#CCCCN1CCCC(O)c2ccccc21. The van der Waals surface area contributed by atoms with Crippen molar-refractivity contribution in [1.29, 1.82) is 0 Å². The topological polar surface area (TPSA) is 23.5 Å². The second-order valence-electron chi connectivity index (χ2n) is 4.51. The van der Waals surface area contributed by atoms with Crippen molar-refractivity contribution in [3.63, 3.8) is 0 Å². The molecule has 1 atom stereocenters. The highest BCUT2D eigenvalue weighted by atomic mass is 16.3. The van der Waals surface area contributed by atoms with E-state index in [1.807, 2.05) is 18.2 Å². The van der Waals surface area contributed by atoms with E-state index in [2.05, 4.69) is 16.9 Å². The molecule has 90 valence electrons. The van der Waals surface area contributed by atoms with Gasteiger partial charge in [0, 0.05) is 30.8 Å². The molecule has 1 aromatic rings. The summed E-state index contributed by atoms with van der Waals surface area (Å²) in [6, 6.07) is 8.15. The minimum atomic E-state index is -0.316. The standard InChI is InChI=1S/C15H19NO/c1-2-3-6-11-16-12-7-10-15(17)13-8-4-5-9-14(13)16/h1,4-5,8-9,15,17H,3,6-7,10-12H2. The minimum absolute atomic E-state index is 0.316. The average molecular weight is 229 g/mol. The van der Waals surface area contributed by atoms with Crippen molar-refractivity contribution in [2.45, 2.75) is 31.8 Å². The first-order chi connectivity index (χ1) is 8.33. The molecule has 1 aromatic carbocycles. The minimum Gasteiger partial charge on any atom is -0.388 e. The van der Waals surface area contributed by atoms with E-state index in [1.165, 1.54) is 5.69 Å². The first-order valence-electron chi connectivity index (χ1n) is 6.28. The Bertz CT molecular complexity index is 408. The Kier molecular flexibility index (Phi) is 4.06. The Hall–Kier alpha value is -1.46. The Labute approximate surface area is 103 Å². The third-order valence-electron chi connectivity index (χ3n) is 3.29. The van der Waals surface area contributed by atoms with Gasteiger partial charge in [-0.15, -0.1) is 12.3 Å². The van der Waals surface area contributed by atoms with E-state index in [4.69, 9.17) is 6.42 Å². The summed E-state index contributed by atoms with van der Waals surface area (Å²) < 4.78 is 0. The van der Waals surface area contributed by atoms with Crippen molar-refractivity contribution < 1.29 is 5.11 Å². The molecule has 17 heavy (non-hydrogen) atoms. The Morgan fingerprint density at radius 3 is 3.06 bits per heavy atom. The molecule has 1 heterocycles. The number of aliphatic hydroxyl groups excluding tert-OH is 1. The second-order valence-corrected chi connectivity index (χ2v) is 4.51. The lowest BCUT2D eigenvalue weighted by atomic mass is 10.0. The van der Waals surface area contributed by atoms with Crippen LogP contribution in [-0.4, -0.2) is 18.2 Å². The van der Waals surface area contributed by atoms with Crippen molar-refractivity contribution in [2.75, 3.05) is 18.0 Å². The van der Waals surface area contributed by atoms with Crippen LogP contribution in [0.1, 0.15) is 37.4 Å². The molecule has 2 rings (SSSR count). The lowest BCUT2D eigenvalue weighted by Crippen LogP contribution is -2.25. The first kappa shape index (κ1) is 12.0. The number of hydrogen-bond acceptors (Lipinski definition) is 2. The van der Waals surface area contributed by atoms with Crippen molar-refractivity contribution in [3.8, 4) is 12.3 Å². The maximum absolute atomic E-state index is 10.1. The van der Waals surface area contributed by atoms with Gasteiger partial charge in [0.2, 0.25) is 0 Å². The number of nitrogens with zero attached hydrogens (tertiary/aromatic N) is 1. The van der Waals surface area contributed by atoms with Crippen LogP contribution in [0.3, 0.4) is 0 Å². The van der Waals surface area contributed by atoms with Gasteiger partial charge in [0.15, 0.2) is 0 Å². The summed E-state index contributed by atoms with van der Waals surface area (Å²) in [6.07, 6.45) is 8.69. The van der Waals surface area contributed by atoms with Crippen LogP contribution in [0.15, 0.2) is 24.3 Å². The number of fused-ring (bicyclic) bond motifs is 1. The fraction of sp³-hybridized carbons (Fsp3) is 0.467. The summed E-state index contributed by atoms with van der Waals surface area (Å²) in [5.41, 5.74) is 2.24. The highest BCUT2D eigenvalue weighted by Gasteiger charge is 2.20. The number of anilines is 1. The normalized spacial score (nSPS) is 19.3. The number of terminal acetylenes is 1. The van der Waals surface area contributed by atoms with Crippen LogP contribution in [0.4, 0.5) is 5.69 Å². The van der Waals surface area contributed by atoms with Gasteiger partial charge in [0.25, 0.3) is 0 Å². The van der Waals surface area contributed by atoms with Crippen molar-refractivity contribution in [3.05, 3.63) is 29.8 Å². The number of unbranched alkanes of at least 4 members (excludes halogenated alkanes) is 1. The van der Waals surface area contributed by atoms with Gasteiger partial charge in [0.05, 0.1) is 6.10 Å². The molecule has 1 unspecified atom stereocenters. The van der Waals surface area contributed by atoms with Crippen LogP contribution in [0.5, 0.6) is 0 Å². The summed E-state index contributed by atoms with van der Waals surface area (Å²) in [6.45, 7) is 1.99. The molecule has 0 radical (unpaired) electrons. The molecule has 1 aliphatic heterocycles. The number of para-hydroxylation sites is 1. The van der Waals surface area contributed by atoms with Crippen molar-refractivity contribution in [2.24, 2.45) is 0 Å². The van der Waals surface area contributed by atoms with Crippen molar-refractivity contribution in [1.82, 2.24) is 0 Å². The largest absolute Gasteiger partial charge is 0.388 e. The highest BCUT2D eigenvalue weighted by Crippen LogP contribution is 2.32. The molecular formula is C15H19NO. The maximum Gasteiger partial charge on any atom is 0.0810 e. The molecule has 1 N–H and O–H groups in total. The fourth-order valence-corrected chi connectivity index (χ4v) is 2.41. The Morgan fingerprint density at radius 1 is 1.41 bits per heavy atom. The molecule has 0 bridgehead atoms. The Balaban J connectivity index is 2.17. The highest BCUT2D eigenvalue weighted by molar-refractivity contribution is 5.55. The molecule has 0 aromatic heterocycles. The molecule has 0 saturated carbocycles. The maximum atomic E-state index is 10.1. The van der Waals surface area contributed by atoms with Crippen LogP contribution in [0, 0.1) is 12.3 Å². The van der Waals surface area contributed by atoms with E-state index >= 15 is 0 Å². The van der Waals surface area contributed by atoms with Gasteiger partial charge < -0.3 is 10.0 Å². The zero-order chi connectivity index (χ0) is 12.1. The van der Waals surface area contributed by atoms with Gasteiger partial charge in [-0.3, -0.25) is 0 Å². The lowest BCUT2D eigenvalue weighted by molar-refractivity contribution is 0.168. The summed E-state index contributed by atoms with van der Waals surface area (Å²) in [7, 11) is 0. The number of benzene rings is 1. The summed E-state index contributed by atoms with van der Waals surface area (Å²) in [5, 5.41) is 10.1. The van der Waals surface area contributed by atoms with Crippen LogP contribution in [0.2, 0.25) is 0 Å². The lowest BCUT2D eigenvalue weighted by Gasteiger charge is -2.24. The van der Waals surface area contributed by atoms with E-state index in [-0.39, 0.29) is 6.10 Å². The quantitative estimate of drug-likeness (QED) is 0.636. The average Bonchev–Trinajstić information content (AvgIpc) is 2.51. The smallest absolute Gasteiger partial charge is 0.0810 e. The summed E-state index contributed by atoms with van der Waals surface area (Å²) in [4.78, 5) is 2.35. The van der Waals surface area contributed by atoms with E-state index in [9.17, 15) is 5.11 Å². The molecule has 1 aliphatic rings. The van der Waals surface area contributed by atoms with E-state index in [1.54, 1.807) is 0 Å². The zero-order valence-electron chi connectivity index (χ0n) is 10.1. The van der Waals surface area contributed by atoms with Gasteiger partial charge in [0.1, 0.15) is 0 Å². The molecule has 2 heteroatoms. The number of hydrogen-bond donors (Lipinski definition) is 1. The molecule has 0 amide bonds. The van der Waals surface area contributed by atoms with Gasteiger partial charge in [-0.25, -0.2) is 0 Å². The number of aliphatic hydroxyl groups is 1.